The van der Waals surface area contributed by atoms with E-state index >= 15 is 0 Å². The molecule has 0 aliphatic carbocycles. The molecule has 10 heteroatoms. The van der Waals surface area contributed by atoms with Crippen molar-refractivity contribution in [3.05, 3.63) is 107 Å². The Morgan fingerprint density at radius 3 is 2.24 bits per heavy atom. The maximum absolute atomic E-state index is 12.8. The molecule has 2 aromatic carbocycles. The number of thiophene rings is 1. The number of aliphatic carboxylic acids is 1. The Kier molecular flexibility index (Phi) is 8.44. The van der Waals surface area contributed by atoms with Crippen LogP contribution in [0.1, 0.15) is 22.0 Å². The second-order valence-corrected chi connectivity index (χ2v) is 11.4. The molecule has 190 valence electrons. The number of carbonyl (C=O) groups excluding carboxylic acids is 1. The summed E-state index contributed by atoms with van der Waals surface area (Å²) in [6, 6.07) is 23.9. The zero-order chi connectivity index (χ0) is 26.3. The maximum atomic E-state index is 12.8. The van der Waals surface area contributed by atoms with E-state index in [2.05, 4.69) is 15.0 Å². The van der Waals surface area contributed by atoms with Gasteiger partial charge in [-0.2, -0.15) is 0 Å². The van der Waals surface area contributed by atoms with Crippen molar-refractivity contribution in [1.29, 1.82) is 0 Å². The molecule has 0 bridgehead atoms. The lowest BCUT2D eigenvalue weighted by Crippen LogP contribution is -2.35. The number of benzene rings is 2. The molecule has 2 aromatic heterocycles. The molecule has 0 aliphatic rings. The van der Waals surface area contributed by atoms with Gasteiger partial charge in [-0.1, -0.05) is 54.6 Å². The lowest BCUT2D eigenvalue weighted by molar-refractivity contribution is -0.150. The molecule has 1 atom stereocenters. The third-order valence-electron chi connectivity index (χ3n) is 5.68. The molecule has 4 aromatic rings. The minimum Gasteiger partial charge on any atom is -0.474 e. The summed E-state index contributed by atoms with van der Waals surface area (Å²) in [6.07, 6.45) is 3.85. The van der Waals surface area contributed by atoms with Crippen LogP contribution in [-0.2, 0) is 32.5 Å². The van der Waals surface area contributed by atoms with Crippen LogP contribution in [0.5, 0.6) is 0 Å². The summed E-state index contributed by atoms with van der Waals surface area (Å²) in [7, 11) is -3.72. The molecule has 3 N–H and O–H groups in total. The van der Waals surface area contributed by atoms with Gasteiger partial charge in [-0.05, 0) is 52.9 Å². The van der Waals surface area contributed by atoms with Crippen LogP contribution in [0, 0.1) is 0 Å². The third kappa shape index (κ3) is 7.10. The number of aromatic nitrogens is 1. The van der Waals surface area contributed by atoms with Crippen molar-refractivity contribution >= 4 is 33.2 Å². The van der Waals surface area contributed by atoms with Crippen molar-refractivity contribution in [1.82, 2.24) is 15.0 Å². The molecule has 2 heterocycles. The Hall–Kier alpha value is -3.86. The van der Waals surface area contributed by atoms with Crippen LogP contribution in [0.15, 0.2) is 95.5 Å². The minimum absolute atomic E-state index is 0.153. The summed E-state index contributed by atoms with van der Waals surface area (Å²) in [5.74, 6) is -2.72. The number of hydrogen-bond donors (Lipinski definition) is 3. The normalized spacial score (nSPS) is 12.1. The highest BCUT2D eigenvalue weighted by Crippen LogP contribution is 2.27. The van der Waals surface area contributed by atoms with Gasteiger partial charge in [0.1, 0.15) is 4.21 Å². The van der Waals surface area contributed by atoms with Gasteiger partial charge in [-0.25, -0.2) is 17.9 Å². The highest BCUT2D eigenvalue weighted by Gasteiger charge is 2.22. The van der Waals surface area contributed by atoms with E-state index in [0.29, 0.717) is 16.9 Å². The second kappa shape index (κ2) is 11.9. The third-order valence-corrected chi connectivity index (χ3v) is 8.74. The van der Waals surface area contributed by atoms with Gasteiger partial charge >= 0.3 is 11.9 Å². The molecule has 1 unspecified atom stereocenters. The number of carboxylic acids is 1. The first-order valence-electron chi connectivity index (χ1n) is 11.5. The van der Waals surface area contributed by atoms with Crippen LogP contribution in [0.25, 0.3) is 11.1 Å². The summed E-state index contributed by atoms with van der Waals surface area (Å²) in [4.78, 5) is 27.4. The molecule has 0 aliphatic heterocycles. The number of carbonyl (C=O) groups is 2. The van der Waals surface area contributed by atoms with Gasteiger partial charge in [0, 0.05) is 30.2 Å². The number of amides is 1. The molecule has 0 saturated heterocycles. The summed E-state index contributed by atoms with van der Waals surface area (Å²) in [5.41, 5.74) is 3.90. The molecule has 37 heavy (non-hydrogen) atoms. The van der Waals surface area contributed by atoms with Gasteiger partial charge in [0.15, 0.2) is 0 Å². The zero-order valence-corrected chi connectivity index (χ0v) is 21.3. The quantitative estimate of drug-likeness (QED) is 0.265. The SMILES string of the molecule is O=C(O)C(=O)NC(Cc1ccc(S(=O)(=O)NCCc2ccc(-c3ccccc3)cc2)s1)c1ccncc1. The number of rotatable bonds is 10. The van der Waals surface area contributed by atoms with E-state index in [9.17, 15) is 18.0 Å². The Bertz CT molecular complexity index is 1450. The first-order chi connectivity index (χ1) is 17.8. The fourth-order valence-corrected chi connectivity index (χ4v) is 6.25. The van der Waals surface area contributed by atoms with Crippen LogP contribution >= 0.6 is 11.3 Å². The number of nitrogens with zero attached hydrogens (tertiary/aromatic N) is 1. The van der Waals surface area contributed by atoms with Crippen LogP contribution in [-0.4, -0.2) is 36.9 Å². The molecule has 0 radical (unpaired) electrons. The van der Waals surface area contributed by atoms with Crippen molar-refractivity contribution in [3.8, 4) is 11.1 Å². The minimum atomic E-state index is -3.72. The van der Waals surface area contributed by atoms with E-state index in [0.717, 1.165) is 28.0 Å². The summed E-state index contributed by atoms with van der Waals surface area (Å²) in [5, 5.41) is 11.4. The fourth-order valence-electron chi connectivity index (χ4n) is 3.78. The van der Waals surface area contributed by atoms with Gasteiger partial charge in [0.05, 0.1) is 6.04 Å². The lowest BCUT2D eigenvalue weighted by atomic mass is 10.0. The number of carboxylic acid groups (broad SMARTS) is 1. The van der Waals surface area contributed by atoms with Crippen LogP contribution in [0.3, 0.4) is 0 Å². The van der Waals surface area contributed by atoms with E-state index < -0.39 is 27.9 Å². The van der Waals surface area contributed by atoms with Crippen molar-refractivity contribution in [2.24, 2.45) is 0 Å². The monoisotopic (exact) mass is 535 g/mol. The van der Waals surface area contributed by atoms with E-state index in [1.165, 1.54) is 6.07 Å². The number of sulfonamides is 1. The highest BCUT2D eigenvalue weighted by molar-refractivity contribution is 7.91. The van der Waals surface area contributed by atoms with Crippen molar-refractivity contribution < 1.29 is 23.1 Å². The van der Waals surface area contributed by atoms with Crippen LogP contribution < -0.4 is 10.0 Å². The molecule has 0 fully saturated rings. The molecular weight excluding hydrogens is 510 g/mol. The standard InChI is InChI=1S/C27H25N3O5S2/c31-26(27(32)33)30-24(22-13-15-28-16-14-22)18-23-10-11-25(36-23)37(34,35)29-17-12-19-6-8-21(9-7-19)20-4-2-1-3-5-20/h1-11,13-16,24,29H,12,17-18H2,(H,30,31)(H,32,33). The first kappa shape index (κ1) is 26.2. The Morgan fingerprint density at radius 1 is 0.892 bits per heavy atom. The topological polar surface area (TPSA) is 125 Å². The average Bonchev–Trinajstić information content (AvgIpc) is 3.39. The highest BCUT2D eigenvalue weighted by atomic mass is 32.2. The van der Waals surface area contributed by atoms with Crippen molar-refractivity contribution in [2.45, 2.75) is 23.1 Å². The molecule has 4 rings (SSSR count). The second-order valence-electron chi connectivity index (χ2n) is 8.25. The molecule has 0 spiro atoms. The summed E-state index contributed by atoms with van der Waals surface area (Å²) in [6.45, 7) is 0.245. The predicted molar refractivity (Wildman–Crippen MR) is 142 cm³/mol. The molecular formula is C27H25N3O5S2. The van der Waals surface area contributed by atoms with Gasteiger partial charge in [0.25, 0.3) is 0 Å². The van der Waals surface area contributed by atoms with E-state index in [4.69, 9.17) is 5.11 Å². The first-order valence-corrected chi connectivity index (χ1v) is 13.8. The van der Waals surface area contributed by atoms with E-state index in [-0.39, 0.29) is 17.2 Å². The largest absolute Gasteiger partial charge is 0.474 e. The summed E-state index contributed by atoms with van der Waals surface area (Å²) >= 11 is 1.08. The Morgan fingerprint density at radius 2 is 1.57 bits per heavy atom. The van der Waals surface area contributed by atoms with Crippen molar-refractivity contribution in [3.63, 3.8) is 0 Å². The van der Waals surface area contributed by atoms with Gasteiger partial charge in [-0.15, -0.1) is 11.3 Å². The smallest absolute Gasteiger partial charge is 0.394 e. The molecule has 0 saturated carbocycles. The fraction of sp³-hybridized carbons (Fsp3) is 0.148. The lowest BCUT2D eigenvalue weighted by Gasteiger charge is -2.17. The predicted octanol–water partition coefficient (Wildman–Crippen LogP) is 3.82. The maximum Gasteiger partial charge on any atom is 0.394 e. The number of pyridine rings is 1. The van der Waals surface area contributed by atoms with Gasteiger partial charge in [-0.3, -0.25) is 9.78 Å². The van der Waals surface area contributed by atoms with Gasteiger partial charge in [0.2, 0.25) is 10.0 Å². The Balaban J connectivity index is 1.37. The molecule has 8 nitrogen and oxygen atoms in total. The van der Waals surface area contributed by atoms with E-state index in [1.807, 2.05) is 54.6 Å². The average molecular weight is 536 g/mol. The zero-order valence-electron chi connectivity index (χ0n) is 19.7. The van der Waals surface area contributed by atoms with Crippen LogP contribution in [0.4, 0.5) is 0 Å². The van der Waals surface area contributed by atoms with Crippen LogP contribution in [0.2, 0.25) is 0 Å². The Labute approximate surface area is 219 Å². The van der Waals surface area contributed by atoms with E-state index in [1.54, 1.807) is 30.6 Å². The molecule has 1 amide bonds. The van der Waals surface area contributed by atoms with Gasteiger partial charge < -0.3 is 10.4 Å². The number of hydrogen-bond acceptors (Lipinski definition) is 6. The summed E-state index contributed by atoms with van der Waals surface area (Å²) < 4.78 is 28.5. The number of nitrogens with one attached hydrogen (secondary N) is 2. The van der Waals surface area contributed by atoms with Crippen molar-refractivity contribution in [2.75, 3.05) is 6.54 Å².